The van der Waals surface area contributed by atoms with Gasteiger partial charge in [-0.2, -0.15) is 4.58 Å². The molecular formula is C29H34IN3O4S. The van der Waals surface area contributed by atoms with Crippen LogP contribution in [0.4, 0.5) is 17.1 Å². The molecule has 2 aliphatic rings. The first-order valence-corrected chi connectivity index (χ1v) is 15.1. The first-order chi connectivity index (χ1) is 18.0. The van der Waals surface area contributed by atoms with E-state index in [1.54, 1.807) is 0 Å². The Hall–Kier alpha value is -2.34. The summed E-state index contributed by atoms with van der Waals surface area (Å²) in [6, 6.07) is 14.4. The van der Waals surface area contributed by atoms with E-state index in [0.717, 1.165) is 28.5 Å². The number of halogens is 1. The van der Waals surface area contributed by atoms with Gasteiger partial charge in [0.05, 0.1) is 27.8 Å². The van der Waals surface area contributed by atoms with Gasteiger partial charge in [-0.3, -0.25) is 4.79 Å². The van der Waals surface area contributed by atoms with E-state index in [1.165, 1.54) is 11.1 Å². The van der Waals surface area contributed by atoms with E-state index in [0.29, 0.717) is 17.4 Å². The normalized spacial score (nSPS) is 19.2. The van der Waals surface area contributed by atoms with E-state index in [4.69, 9.17) is 4.18 Å². The lowest BCUT2D eigenvalue weighted by molar-refractivity contribution is -0.401. The van der Waals surface area contributed by atoms with Crippen LogP contribution in [0.1, 0.15) is 45.2 Å². The highest BCUT2D eigenvalue weighted by atomic mass is 127. The summed E-state index contributed by atoms with van der Waals surface area (Å²) in [6.07, 6.45) is 7.02. The molecule has 38 heavy (non-hydrogen) atoms. The molecule has 2 aromatic rings. The molecule has 4 rings (SSSR count). The second kappa shape index (κ2) is 11.4. The highest BCUT2D eigenvalue weighted by Crippen LogP contribution is 2.47. The second-order valence-electron chi connectivity index (χ2n) is 10.6. The second-order valence-corrected chi connectivity index (χ2v) is 12.0. The summed E-state index contributed by atoms with van der Waals surface area (Å²) in [6.45, 7) is 9.63. The van der Waals surface area contributed by atoms with Crippen molar-refractivity contribution in [3.05, 3.63) is 77.5 Å². The first kappa shape index (κ1) is 28.7. The predicted octanol–water partition coefficient (Wildman–Crippen LogP) is 5.50. The number of para-hydroxylation sites is 1. The number of nitrogens with one attached hydrogen (secondary N) is 1. The molecule has 0 bridgehead atoms. The van der Waals surface area contributed by atoms with E-state index in [1.807, 2.05) is 12.1 Å². The maximum absolute atomic E-state index is 11.9. The van der Waals surface area contributed by atoms with Gasteiger partial charge < -0.3 is 19.0 Å². The fraction of sp³-hybridized carbons (Fsp3) is 0.379. The van der Waals surface area contributed by atoms with Gasteiger partial charge in [0, 0.05) is 46.7 Å². The van der Waals surface area contributed by atoms with Crippen LogP contribution in [0.5, 0.6) is 0 Å². The predicted molar refractivity (Wildman–Crippen MR) is 161 cm³/mol. The number of carbonyl (C=O) groups excluding carboxylic acids is 1. The molecule has 9 heteroatoms. The Morgan fingerprint density at radius 3 is 2.61 bits per heavy atom. The van der Waals surface area contributed by atoms with Crippen molar-refractivity contribution in [1.82, 2.24) is 0 Å². The summed E-state index contributed by atoms with van der Waals surface area (Å²) in [5.41, 5.74) is 7.34. The van der Waals surface area contributed by atoms with Crippen molar-refractivity contribution in [2.24, 2.45) is 0 Å². The number of carbonyl (C=O) groups is 1. The third kappa shape index (κ3) is 5.52. The summed E-state index contributed by atoms with van der Waals surface area (Å²) in [7, 11) is 2.07. The van der Waals surface area contributed by atoms with E-state index >= 15 is 0 Å². The zero-order valence-corrected chi connectivity index (χ0v) is 25.4. The topological polar surface area (TPSA) is 84.7 Å². The molecule has 2 aromatic carbocycles. The van der Waals surface area contributed by atoms with Crippen molar-refractivity contribution in [1.29, 1.82) is 0 Å². The molecule has 1 N–H and O–H groups in total. The summed E-state index contributed by atoms with van der Waals surface area (Å²) >= 11 is -0.436. The van der Waals surface area contributed by atoms with Crippen LogP contribution in [0.25, 0.3) is 0 Å². The van der Waals surface area contributed by atoms with Crippen LogP contribution in [0.2, 0.25) is 0 Å². The number of alkyl halides is 1. The molecule has 7 nitrogen and oxygen atoms in total. The van der Waals surface area contributed by atoms with Crippen LogP contribution in [0, 0.1) is 0 Å². The average molecular weight is 648 g/mol. The Morgan fingerprint density at radius 1 is 1.16 bits per heavy atom. The Balaban J connectivity index is 1.62. The average Bonchev–Trinajstić information content (AvgIpc) is 3.20. The van der Waals surface area contributed by atoms with Crippen LogP contribution in [0.15, 0.2) is 66.4 Å². The molecule has 1 atom stereocenters. The van der Waals surface area contributed by atoms with Gasteiger partial charge in [0.1, 0.15) is 7.05 Å². The fourth-order valence-corrected chi connectivity index (χ4v) is 6.01. The standard InChI is InChI=1S/C29H34IN3O4S/c1-28(2)21-10-6-7-11-24(21)33(16-9-17-37-38(35)36)26(28)13-8-12-25-29(3,4)22-18-20(31-27(34)19-30)14-15-23(22)32(25)5/h6-8,10-15,18H,9,16-17,19H2,1-5H3,(H-,31,34,35,36). The van der Waals surface area contributed by atoms with E-state index < -0.39 is 11.4 Å². The lowest BCUT2D eigenvalue weighted by Gasteiger charge is -2.27. The fourth-order valence-electron chi connectivity index (χ4n) is 5.57. The molecular weight excluding hydrogens is 613 g/mol. The lowest BCUT2D eigenvalue weighted by Crippen LogP contribution is -2.28. The Kier molecular flexibility index (Phi) is 8.61. The molecule has 0 saturated heterocycles. The quantitative estimate of drug-likeness (QED) is 0.128. The number of rotatable bonds is 9. The van der Waals surface area contributed by atoms with Crippen LogP contribution in [0.3, 0.4) is 0 Å². The van der Waals surface area contributed by atoms with Gasteiger partial charge in [-0.1, -0.05) is 60.7 Å². The molecule has 0 saturated carbocycles. The van der Waals surface area contributed by atoms with Crippen molar-refractivity contribution < 1.29 is 22.3 Å². The molecule has 0 aromatic heterocycles. The molecule has 202 valence electrons. The largest absolute Gasteiger partial charge is 0.750 e. The molecule has 0 radical (unpaired) electrons. The van der Waals surface area contributed by atoms with Crippen LogP contribution in [-0.2, 0) is 31.2 Å². The Morgan fingerprint density at radius 2 is 1.89 bits per heavy atom. The van der Waals surface area contributed by atoms with Gasteiger partial charge in [0.15, 0.2) is 5.71 Å². The molecule has 0 fully saturated rings. The van der Waals surface area contributed by atoms with Crippen LogP contribution >= 0.6 is 22.6 Å². The maximum atomic E-state index is 11.9. The zero-order valence-electron chi connectivity index (χ0n) is 22.4. The number of hydrogen-bond acceptors (Lipinski definition) is 5. The van der Waals surface area contributed by atoms with Gasteiger partial charge in [0.25, 0.3) is 0 Å². The number of nitrogens with zero attached hydrogens (tertiary/aromatic N) is 2. The van der Waals surface area contributed by atoms with Gasteiger partial charge >= 0.3 is 0 Å². The van der Waals surface area contributed by atoms with Crippen molar-refractivity contribution in [2.75, 3.05) is 34.8 Å². The monoisotopic (exact) mass is 647 g/mol. The van der Waals surface area contributed by atoms with E-state index in [-0.39, 0.29) is 23.3 Å². The molecule has 2 heterocycles. The van der Waals surface area contributed by atoms with Gasteiger partial charge in [-0.25, -0.2) is 4.21 Å². The first-order valence-electron chi connectivity index (χ1n) is 12.6. The molecule has 0 spiro atoms. The molecule has 1 amide bonds. The Labute approximate surface area is 241 Å². The highest BCUT2D eigenvalue weighted by Gasteiger charge is 2.43. The van der Waals surface area contributed by atoms with Crippen molar-refractivity contribution in [3.8, 4) is 0 Å². The smallest absolute Gasteiger partial charge is 0.234 e. The number of amides is 1. The van der Waals surface area contributed by atoms with Crippen molar-refractivity contribution in [2.45, 2.75) is 44.9 Å². The molecule has 1 unspecified atom stereocenters. The summed E-state index contributed by atoms with van der Waals surface area (Å²) in [5, 5.41) is 2.97. The minimum Gasteiger partial charge on any atom is -0.750 e. The number of fused-ring (bicyclic) bond motifs is 2. The molecule has 0 aliphatic carbocycles. The van der Waals surface area contributed by atoms with Gasteiger partial charge in [-0.05, 0) is 50.1 Å². The number of anilines is 2. The Bertz CT molecular complexity index is 1360. The van der Waals surface area contributed by atoms with Crippen molar-refractivity contribution >= 4 is 62.6 Å². The highest BCUT2D eigenvalue weighted by molar-refractivity contribution is 14.1. The summed E-state index contributed by atoms with van der Waals surface area (Å²) < 4.78 is 28.9. The third-order valence-electron chi connectivity index (χ3n) is 7.45. The molecule has 2 aliphatic heterocycles. The van der Waals surface area contributed by atoms with E-state index in [9.17, 15) is 13.6 Å². The number of benzene rings is 2. The lowest BCUT2D eigenvalue weighted by atomic mass is 9.81. The van der Waals surface area contributed by atoms with Crippen LogP contribution < -0.4 is 10.2 Å². The van der Waals surface area contributed by atoms with Gasteiger partial charge in [-0.15, -0.1) is 0 Å². The van der Waals surface area contributed by atoms with E-state index in [2.05, 4.69) is 121 Å². The summed E-state index contributed by atoms with van der Waals surface area (Å²) in [4.78, 5) is 14.2. The maximum Gasteiger partial charge on any atom is 0.234 e. The zero-order chi connectivity index (χ0) is 27.7. The SMILES string of the molecule is C[N+]1=C(C=CC=C2N(CCCOS(=O)[O-])c3ccccc3C2(C)C)C(C)(C)c2cc(NC(=O)CI)ccc21. The van der Waals surface area contributed by atoms with Crippen LogP contribution in [-0.4, -0.2) is 49.6 Å². The minimum atomic E-state index is -2.50. The van der Waals surface area contributed by atoms with Crippen molar-refractivity contribution in [3.63, 3.8) is 0 Å². The number of hydrogen-bond donors (Lipinski definition) is 1. The van der Waals surface area contributed by atoms with Gasteiger partial charge in [0.2, 0.25) is 11.6 Å². The number of allylic oxidation sites excluding steroid dienone is 4. The third-order valence-corrected chi connectivity index (χ3v) is 8.50. The minimum absolute atomic E-state index is 0.0111. The summed E-state index contributed by atoms with van der Waals surface area (Å²) in [5.74, 6) is -0.0111.